The second-order valence-electron chi connectivity index (χ2n) is 5.45. The molecule has 0 spiro atoms. The van der Waals surface area contributed by atoms with E-state index in [9.17, 15) is 9.90 Å². The van der Waals surface area contributed by atoms with Gasteiger partial charge in [0, 0.05) is 9.86 Å². The summed E-state index contributed by atoms with van der Waals surface area (Å²) in [5, 5.41) is 14.0. The van der Waals surface area contributed by atoms with E-state index >= 15 is 0 Å². The Hall–Kier alpha value is -1.75. The van der Waals surface area contributed by atoms with Crippen molar-refractivity contribution in [1.82, 2.24) is 0 Å². The van der Waals surface area contributed by atoms with Crippen LogP contribution in [0.5, 0.6) is 5.75 Å². The molecule has 106 valence electrons. The van der Waals surface area contributed by atoms with Crippen molar-refractivity contribution in [3.8, 4) is 5.75 Å². The summed E-state index contributed by atoms with van der Waals surface area (Å²) in [4.78, 5) is 11.9. The lowest BCUT2D eigenvalue weighted by atomic mass is 10.1. The van der Waals surface area contributed by atoms with E-state index in [1.54, 1.807) is 39.0 Å². The van der Waals surface area contributed by atoms with Crippen LogP contribution in [0.4, 0.5) is 10.5 Å². The minimum absolute atomic E-state index is 0.142. The Kier molecular flexibility index (Phi) is 3.90. The first-order chi connectivity index (χ1) is 9.26. The van der Waals surface area contributed by atoms with Crippen molar-refractivity contribution in [1.29, 1.82) is 0 Å². The quantitative estimate of drug-likeness (QED) is 0.795. The number of anilines is 1. The second kappa shape index (κ2) is 5.32. The molecule has 0 fully saturated rings. The summed E-state index contributed by atoms with van der Waals surface area (Å²) in [6.45, 7) is 5.41. The molecule has 0 aliphatic rings. The van der Waals surface area contributed by atoms with Gasteiger partial charge in [0.15, 0.2) is 0 Å². The Balaban J connectivity index is 2.40. The molecule has 4 nitrogen and oxygen atoms in total. The molecule has 0 unspecified atom stereocenters. The van der Waals surface area contributed by atoms with Crippen molar-refractivity contribution >= 4 is 38.5 Å². The third-order valence-electron chi connectivity index (χ3n) is 2.58. The predicted molar refractivity (Wildman–Crippen MR) is 83.2 cm³/mol. The summed E-state index contributed by atoms with van der Waals surface area (Å²) >= 11 is 3.40. The highest BCUT2D eigenvalue weighted by Gasteiger charge is 2.18. The van der Waals surface area contributed by atoms with Crippen molar-refractivity contribution in [3.05, 3.63) is 34.8 Å². The van der Waals surface area contributed by atoms with E-state index in [2.05, 4.69) is 21.2 Å². The van der Waals surface area contributed by atoms with Gasteiger partial charge in [-0.05, 0) is 60.3 Å². The van der Waals surface area contributed by atoms with Crippen LogP contribution in [0.2, 0.25) is 0 Å². The van der Waals surface area contributed by atoms with Gasteiger partial charge in [0.2, 0.25) is 0 Å². The molecular weight excluding hydrogens is 322 g/mol. The van der Waals surface area contributed by atoms with Gasteiger partial charge in [0.05, 0.1) is 5.69 Å². The molecule has 0 atom stereocenters. The summed E-state index contributed by atoms with van der Waals surface area (Å²) in [5.74, 6) is 0.142. The van der Waals surface area contributed by atoms with Crippen LogP contribution in [0.25, 0.3) is 10.8 Å². The minimum Gasteiger partial charge on any atom is -0.508 e. The topological polar surface area (TPSA) is 58.6 Å². The molecule has 1 amide bonds. The van der Waals surface area contributed by atoms with Crippen LogP contribution in [0.3, 0.4) is 0 Å². The monoisotopic (exact) mass is 337 g/mol. The van der Waals surface area contributed by atoms with E-state index in [1.165, 1.54) is 0 Å². The third kappa shape index (κ3) is 3.42. The molecule has 5 heteroatoms. The molecule has 2 aromatic carbocycles. The van der Waals surface area contributed by atoms with Crippen LogP contribution in [0.15, 0.2) is 34.8 Å². The summed E-state index contributed by atoms with van der Waals surface area (Å²) in [6, 6.07) is 8.74. The SMILES string of the molecule is CC(C)(C)OC(=O)Nc1c(Br)ccc2ccc(O)cc12. The average Bonchev–Trinajstić information content (AvgIpc) is 2.31. The number of nitrogens with one attached hydrogen (secondary N) is 1. The summed E-state index contributed by atoms with van der Waals surface area (Å²) in [6.07, 6.45) is -0.533. The van der Waals surface area contributed by atoms with Gasteiger partial charge in [-0.3, -0.25) is 5.32 Å². The molecule has 0 saturated carbocycles. The number of halogens is 1. The van der Waals surface area contributed by atoms with E-state index in [1.807, 2.05) is 12.1 Å². The standard InChI is InChI=1S/C15H16BrNO3/c1-15(2,3)20-14(19)17-13-11-8-10(18)6-4-9(11)5-7-12(13)16/h4-8,18H,1-3H3,(H,17,19). The number of fused-ring (bicyclic) bond motifs is 1. The highest BCUT2D eigenvalue weighted by atomic mass is 79.9. The van der Waals surface area contributed by atoms with Crippen molar-refractivity contribution < 1.29 is 14.6 Å². The molecular formula is C15H16BrNO3. The van der Waals surface area contributed by atoms with Gasteiger partial charge in [-0.1, -0.05) is 12.1 Å². The number of ether oxygens (including phenoxy) is 1. The number of aromatic hydroxyl groups is 1. The number of benzene rings is 2. The van der Waals surface area contributed by atoms with Gasteiger partial charge >= 0.3 is 6.09 Å². The zero-order chi connectivity index (χ0) is 14.9. The van der Waals surface area contributed by atoms with E-state index in [-0.39, 0.29) is 5.75 Å². The number of hydrogen-bond donors (Lipinski definition) is 2. The first kappa shape index (κ1) is 14.7. The van der Waals surface area contributed by atoms with Crippen molar-refractivity contribution in [2.45, 2.75) is 26.4 Å². The average molecular weight is 338 g/mol. The second-order valence-corrected chi connectivity index (χ2v) is 6.31. The maximum atomic E-state index is 11.9. The van der Waals surface area contributed by atoms with Crippen LogP contribution in [0.1, 0.15) is 20.8 Å². The fourth-order valence-corrected chi connectivity index (χ4v) is 2.26. The van der Waals surface area contributed by atoms with Gasteiger partial charge in [-0.25, -0.2) is 4.79 Å². The van der Waals surface area contributed by atoms with Gasteiger partial charge in [-0.15, -0.1) is 0 Å². The third-order valence-corrected chi connectivity index (χ3v) is 3.24. The zero-order valence-electron chi connectivity index (χ0n) is 11.5. The smallest absolute Gasteiger partial charge is 0.412 e. The molecule has 0 aromatic heterocycles. The first-order valence-electron chi connectivity index (χ1n) is 6.17. The molecule has 0 aliphatic carbocycles. The van der Waals surface area contributed by atoms with Crippen molar-refractivity contribution in [2.75, 3.05) is 5.32 Å². The van der Waals surface area contributed by atoms with Crippen LogP contribution < -0.4 is 5.32 Å². The van der Waals surface area contributed by atoms with E-state index in [0.29, 0.717) is 5.69 Å². The van der Waals surface area contributed by atoms with Crippen LogP contribution in [-0.2, 0) is 4.74 Å². The molecule has 0 saturated heterocycles. The molecule has 2 N–H and O–H groups in total. The number of rotatable bonds is 1. The fraction of sp³-hybridized carbons (Fsp3) is 0.267. The normalized spacial score (nSPS) is 11.4. The van der Waals surface area contributed by atoms with Gasteiger partial charge in [0.1, 0.15) is 11.4 Å². The fourth-order valence-electron chi connectivity index (χ4n) is 1.81. The molecule has 20 heavy (non-hydrogen) atoms. The molecule has 2 rings (SSSR count). The van der Waals surface area contributed by atoms with Crippen LogP contribution in [0, 0.1) is 0 Å². The summed E-state index contributed by atoms with van der Waals surface area (Å²) in [7, 11) is 0. The molecule has 0 bridgehead atoms. The number of phenolic OH excluding ortho intramolecular Hbond substituents is 1. The Morgan fingerprint density at radius 3 is 2.55 bits per heavy atom. The number of amides is 1. The Morgan fingerprint density at radius 2 is 1.90 bits per heavy atom. The summed E-state index contributed by atoms with van der Waals surface area (Å²) in [5.41, 5.74) is 0.0103. The van der Waals surface area contributed by atoms with E-state index in [0.717, 1.165) is 15.2 Å². The first-order valence-corrected chi connectivity index (χ1v) is 6.97. The van der Waals surface area contributed by atoms with Gasteiger partial charge in [0.25, 0.3) is 0 Å². The lowest BCUT2D eigenvalue weighted by Crippen LogP contribution is -2.27. The lowest BCUT2D eigenvalue weighted by molar-refractivity contribution is 0.0636. The highest BCUT2D eigenvalue weighted by molar-refractivity contribution is 9.10. The largest absolute Gasteiger partial charge is 0.508 e. The Labute approximate surface area is 125 Å². The highest BCUT2D eigenvalue weighted by Crippen LogP contribution is 2.33. The molecule has 0 heterocycles. The van der Waals surface area contributed by atoms with E-state index < -0.39 is 11.7 Å². The zero-order valence-corrected chi connectivity index (χ0v) is 13.1. The number of carbonyl (C=O) groups excluding carboxylic acids is 1. The maximum Gasteiger partial charge on any atom is 0.412 e. The van der Waals surface area contributed by atoms with Crippen LogP contribution in [-0.4, -0.2) is 16.8 Å². The van der Waals surface area contributed by atoms with Crippen molar-refractivity contribution in [3.63, 3.8) is 0 Å². The maximum absolute atomic E-state index is 11.9. The number of carbonyl (C=O) groups is 1. The Morgan fingerprint density at radius 1 is 1.25 bits per heavy atom. The van der Waals surface area contributed by atoms with Crippen molar-refractivity contribution in [2.24, 2.45) is 0 Å². The molecule has 0 radical (unpaired) electrons. The minimum atomic E-state index is -0.566. The molecule has 0 aliphatic heterocycles. The predicted octanol–water partition coefficient (Wildman–Crippen LogP) is 4.65. The van der Waals surface area contributed by atoms with Gasteiger partial charge in [-0.2, -0.15) is 0 Å². The van der Waals surface area contributed by atoms with E-state index in [4.69, 9.17) is 4.74 Å². The van der Waals surface area contributed by atoms with Crippen LogP contribution >= 0.6 is 15.9 Å². The summed E-state index contributed by atoms with van der Waals surface area (Å²) < 4.78 is 5.97. The van der Waals surface area contributed by atoms with Gasteiger partial charge < -0.3 is 9.84 Å². The lowest BCUT2D eigenvalue weighted by Gasteiger charge is -2.20. The number of phenols is 1. The molecule has 2 aromatic rings. The Bertz CT molecular complexity index is 657. The number of hydrogen-bond acceptors (Lipinski definition) is 3.